The van der Waals surface area contributed by atoms with Gasteiger partial charge in [-0.3, -0.25) is 14.4 Å². The minimum Gasteiger partial charge on any atom is -0.481 e. The van der Waals surface area contributed by atoms with Gasteiger partial charge >= 0.3 is 0 Å². The number of carbonyl (C=O) groups is 3. The summed E-state index contributed by atoms with van der Waals surface area (Å²) in [4.78, 5) is 27.0. The molecule has 0 saturated carbocycles. The zero-order chi connectivity index (χ0) is 14.1. The third-order valence-corrected chi connectivity index (χ3v) is 0.1000. The van der Waals surface area contributed by atoms with Gasteiger partial charge < -0.3 is 25.5 Å². The number of hydrogen-bond acceptors (Lipinski definition) is 5. The molecule has 8 nitrogen and oxygen atoms in total. The number of aliphatic hydroxyl groups is 2. The lowest BCUT2D eigenvalue weighted by Gasteiger charge is -1.70. The molecule has 0 spiro atoms. The fraction of sp³-hybridized carbons (Fsp3) is 0.625. The Morgan fingerprint density at radius 3 is 0.750 bits per heavy atom. The van der Waals surface area contributed by atoms with Crippen LogP contribution in [0, 0.1) is 0 Å². The Kier molecular flexibility index (Phi) is 34.7. The second-order valence-electron chi connectivity index (χ2n) is 2.00. The lowest BCUT2D eigenvalue weighted by atomic mass is 10.8. The summed E-state index contributed by atoms with van der Waals surface area (Å²) in [6.07, 6.45) is 0. The van der Waals surface area contributed by atoms with Gasteiger partial charge in [0.25, 0.3) is 17.9 Å². The molecule has 98 valence electrons. The van der Waals surface area contributed by atoms with Crippen molar-refractivity contribution in [3.8, 4) is 0 Å². The lowest BCUT2D eigenvalue weighted by Crippen LogP contribution is -1.85. The van der Waals surface area contributed by atoms with Crippen LogP contribution in [0.2, 0.25) is 0 Å². The largest absolute Gasteiger partial charge is 0.481 e. The van der Waals surface area contributed by atoms with E-state index < -0.39 is 17.9 Å². The molecule has 0 aromatic heterocycles. The Balaban J connectivity index is -0.0000000600. The summed E-state index contributed by atoms with van der Waals surface area (Å²) in [5, 5.41) is 37.5. The Labute approximate surface area is 92.8 Å². The van der Waals surface area contributed by atoms with E-state index in [4.69, 9.17) is 39.9 Å². The molecular formula is C8H18O8. The first-order valence-electron chi connectivity index (χ1n) is 3.92. The molecule has 5 N–H and O–H groups in total. The molecule has 0 aromatic rings. The van der Waals surface area contributed by atoms with Crippen LogP contribution in [0.1, 0.15) is 20.8 Å². The summed E-state index contributed by atoms with van der Waals surface area (Å²) in [5.74, 6) is -2.50. The molecule has 0 bridgehead atoms. The normalized spacial score (nSPS) is 6.56. The molecule has 0 aromatic carbocycles. The first-order chi connectivity index (χ1) is 7.11. The van der Waals surface area contributed by atoms with Gasteiger partial charge in [0.15, 0.2) is 0 Å². The van der Waals surface area contributed by atoms with E-state index in [9.17, 15) is 0 Å². The highest BCUT2D eigenvalue weighted by atomic mass is 16.4. The number of aliphatic carboxylic acids is 3. The molecule has 0 unspecified atom stereocenters. The fourth-order valence-electron chi connectivity index (χ4n) is 0. The predicted octanol–water partition coefficient (Wildman–Crippen LogP) is -0.756. The quantitative estimate of drug-likeness (QED) is 0.402. The minimum absolute atomic E-state index is 0.125. The van der Waals surface area contributed by atoms with Crippen molar-refractivity contribution >= 4 is 17.9 Å². The minimum atomic E-state index is -0.833. The monoisotopic (exact) mass is 242 g/mol. The van der Waals surface area contributed by atoms with Gasteiger partial charge in [0.2, 0.25) is 0 Å². The van der Waals surface area contributed by atoms with Crippen LogP contribution in [-0.4, -0.2) is 56.7 Å². The standard InChI is InChI=1S/3C2H4O2.C2H6O2/c3*1-2(3)4;3-1-2-4/h3*1H3,(H,3,4);3-4H,1-2H2. The van der Waals surface area contributed by atoms with E-state index in [0.717, 1.165) is 20.8 Å². The molecule has 0 amide bonds. The van der Waals surface area contributed by atoms with Crippen molar-refractivity contribution in [1.29, 1.82) is 0 Å². The number of carboxylic acids is 3. The first-order valence-corrected chi connectivity index (χ1v) is 3.92. The van der Waals surface area contributed by atoms with E-state index in [1.807, 2.05) is 0 Å². The van der Waals surface area contributed by atoms with Gasteiger partial charge in [-0.1, -0.05) is 0 Å². The lowest BCUT2D eigenvalue weighted by molar-refractivity contribution is -0.135. The molecule has 0 aliphatic carbocycles. The second kappa shape index (κ2) is 23.3. The van der Waals surface area contributed by atoms with Gasteiger partial charge in [0.1, 0.15) is 0 Å². The maximum absolute atomic E-state index is 9.00. The van der Waals surface area contributed by atoms with Crippen molar-refractivity contribution in [2.24, 2.45) is 0 Å². The summed E-state index contributed by atoms with van der Waals surface area (Å²) in [7, 11) is 0. The van der Waals surface area contributed by atoms with Crippen LogP contribution in [0.15, 0.2) is 0 Å². The summed E-state index contributed by atoms with van der Waals surface area (Å²) in [6, 6.07) is 0. The van der Waals surface area contributed by atoms with Crippen molar-refractivity contribution in [2.75, 3.05) is 13.2 Å². The predicted molar refractivity (Wildman–Crippen MR) is 54.1 cm³/mol. The van der Waals surface area contributed by atoms with E-state index in [1.165, 1.54) is 0 Å². The second-order valence-corrected chi connectivity index (χ2v) is 2.00. The maximum atomic E-state index is 9.00. The molecule has 0 aliphatic rings. The Morgan fingerprint density at radius 1 is 0.688 bits per heavy atom. The van der Waals surface area contributed by atoms with E-state index >= 15 is 0 Å². The van der Waals surface area contributed by atoms with Crippen LogP contribution in [0.4, 0.5) is 0 Å². The van der Waals surface area contributed by atoms with E-state index in [-0.39, 0.29) is 13.2 Å². The molecule has 0 rings (SSSR count). The maximum Gasteiger partial charge on any atom is 0.300 e. The van der Waals surface area contributed by atoms with Crippen LogP contribution in [-0.2, 0) is 14.4 Å². The van der Waals surface area contributed by atoms with E-state index in [1.54, 1.807) is 0 Å². The fourth-order valence-corrected chi connectivity index (χ4v) is 0. The molecule has 0 heterocycles. The summed E-state index contributed by atoms with van der Waals surface area (Å²) in [5.41, 5.74) is 0. The molecule has 0 aliphatic heterocycles. The summed E-state index contributed by atoms with van der Waals surface area (Å²) in [6.45, 7) is 3.00. The smallest absolute Gasteiger partial charge is 0.300 e. The van der Waals surface area contributed by atoms with Gasteiger partial charge in [-0.05, 0) is 0 Å². The van der Waals surface area contributed by atoms with E-state index in [0.29, 0.717) is 0 Å². The average Bonchev–Trinajstić information content (AvgIpc) is 2.00. The molecule has 16 heavy (non-hydrogen) atoms. The van der Waals surface area contributed by atoms with Crippen LogP contribution in [0.5, 0.6) is 0 Å². The molecule has 0 radical (unpaired) electrons. The average molecular weight is 242 g/mol. The van der Waals surface area contributed by atoms with Gasteiger partial charge in [-0.2, -0.15) is 0 Å². The topological polar surface area (TPSA) is 152 Å². The molecule has 8 heteroatoms. The van der Waals surface area contributed by atoms with Crippen LogP contribution >= 0.6 is 0 Å². The van der Waals surface area contributed by atoms with Gasteiger partial charge in [0, 0.05) is 20.8 Å². The van der Waals surface area contributed by atoms with Crippen LogP contribution < -0.4 is 0 Å². The van der Waals surface area contributed by atoms with Crippen LogP contribution in [0.25, 0.3) is 0 Å². The highest BCUT2D eigenvalue weighted by Crippen LogP contribution is 1.42. The van der Waals surface area contributed by atoms with Crippen molar-refractivity contribution in [2.45, 2.75) is 20.8 Å². The zero-order valence-electron chi connectivity index (χ0n) is 9.38. The Hall–Kier alpha value is -1.67. The number of aliphatic hydroxyl groups excluding tert-OH is 2. The van der Waals surface area contributed by atoms with Gasteiger partial charge in [-0.15, -0.1) is 0 Å². The Morgan fingerprint density at radius 2 is 0.750 bits per heavy atom. The van der Waals surface area contributed by atoms with Crippen molar-refractivity contribution in [1.82, 2.24) is 0 Å². The highest BCUT2D eigenvalue weighted by Gasteiger charge is 1.66. The SMILES string of the molecule is CC(=O)O.CC(=O)O.CC(=O)O.OCCO. The zero-order valence-corrected chi connectivity index (χ0v) is 9.38. The summed E-state index contributed by atoms with van der Waals surface area (Å²) < 4.78 is 0. The summed E-state index contributed by atoms with van der Waals surface area (Å²) >= 11 is 0. The third kappa shape index (κ3) is 3530. The van der Waals surface area contributed by atoms with Gasteiger partial charge in [0.05, 0.1) is 13.2 Å². The highest BCUT2D eigenvalue weighted by molar-refractivity contribution is 5.63. The van der Waals surface area contributed by atoms with Crippen molar-refractivity contribution in [3.63, 3.8) is 0 Å². The van der Waals surface area contributed by atoms with Crippen molar-refractivity contribution < 1.29 is 39.9 Å². The number of hydrogen-bond donors (Lipinski definition) is 5. The van der Waals surface area contributed by atoms with E-state index in [2.05, 4.69) is 0 Å². The Bertz CT molecular complexity index is 134. The van der Waals surface area contributed by atoms with Gasteiger partial charge in [-0.25, -0.2) is 0 Å². The number of rotatable bonds is 1. The van der Waals surface area contributed by atoms with Crippen molar-refractivity contribution in [3.05, 3.63) is 0 Å². The first kappa shape index (κ1) is 23.9. The third-order valence-electron chi connectivity index (χ3n) is 0.1000. The molecule has 0 fully saturated rings. The molecule has 0 saturated heterocycles. The molecule has 0 atom stereocenters. The molecular weight excluding hydrogens is 224 g/mol. The number of carboxylic acid groups (broad SMARTS) is 3. The van der Waals surface area contributed by atoms with Crippen LogP contribution in [0.3, 0.4) is 0 Å².